The van der Waals surface area contributed by atoms with Gasteiger partial charge in [0.2, 0.25) is 17.8 Å². The molecule has 1 N–H and O–H groups in total. The molecule has 1 aliphatic rings. The summed E-state index contributed by atoms with van der Waals surface area (Å²) in [5, 5.41) is 2.94. The Morgan fingerprint density at radius 1 is 1.06 bits per heavy atom. The number of aryl methyl sites for hydroxylation is 1. The van der Waals surface area contributed by atoms with Gasteiger partial charge >= 0.3 is 0 Å². The highest BCUT2D eigenvalue weighted by Gasteiger charge is 2.28. The summed E-state index contributed by atoms with van der Waals surface area (Å²) in [6.07, 6.45) is 5.97. The van der Waals surface area contributed by atoms with Gasteiger partial charge in [0.25, 0.3) is 0 Å². The van der Waals surface area contributed by atoms with Crippen LogP contribution in [0.2, 0.25) is 0 Å². The van der Waals surface area contributed by atoms with Crippen molar-refractivity contribution in [2.24, 2.45) is 5.92 Å². The molecule has 1 heterocycles. The van der Waals surface area contributed by atoms with Crippen LogP contribution in [0.1, 0.15) is 38.2 Å². The molecule has 1 fully saturated rings. The number of aromatic nitrogens is 2. The molecule has 166 valence electrons. The van der Waals surface area contributed by atoms with Crippen molar-refractivity contribution < 1.29 is 9.59 Å². The largest absolute Gasteiger partial charge is 0.333 e. The van der Waals surface area contributed by atoms with Crippen molar-refractivity contribution in [3.8, 4) is 16.9 Å². The van der Waals surface area contributed by atoms with Crippen LogP contribution in [0.25, 0.3) is 16.9 Å². The third kappa shape index (κ3) is 4.90. The summed E-state index contributed by atoms with van der Waals surface area (Å²) in [6, 6.07) is 17.9. The van der Waals surface area contributed by atoms with E-state index in [4.69, 9.17) is 4.98 Å². The molecule has 0 spiro atoms. The Kier molecular flexibility index (Phi) is 6.69. The molecule has 0 aliphatic heterocycles. The second-order valence-electron chi connectivity index (χ2n) is 8.40. The normalized spacial score (nSPS) is 13.8. The fourth-order valence-corrected chi connectivity index (χ4v) is 4.23. The smallest absolute Gasteiger partial charge is 0.246 e. The fourth-order valence-electron chi connectivity index (χ4n) is 4.23. The molecular formula is C26H30N4O2. The van der Waals surface area contributed by atoms with E-state index in [1.807, 2.05) is 79.2 Å². The SMILES string of the molecule is CCN(CC(=O)Nc1nc(-c2ccccc2)cn1-c1ccc(C)cc1)C(=O)C1CCCC1. The quantitative estimate of drug-likeness (QED) is 0.584. The van der Waals surface area contributed by atoms with E-state index in [9.17, 15) is 9.59 Å². The second-order valence-corrected chi connectivity index (χ2v) is 8.40. The van der Waals surface area contributed by atoms with Crippen LogP contribution >= 0.6 is 0 Å². The molecule has 1 aromatic heterocycles. The molecule has 0 saturated heterocycles. The highest BCUT2D eigenvalue weighted by Crippen LogP contribution is 2.27. The van der Waals surface area contributed by atoms with Crippen LogP contribution in [-0.2, 0) is 9.59 Å². The van der Waals surface area contributed by atoms with Crippen LogP contribution in [0.4, 0.5) is 5.95 Å². The summed E-state index contributed by atoms with van der Waals surface area (Å²) in [6.45, 7) is 4.51. The summed E-state index contributed by atoms with van der Waals surface area (Å²) in [5.74, 6) is 0.354. The van der Waals surface area contributed by atoms with Gasteiger partial charge in [-0.1, -0.05) is 60.9 Å². The molecule has 4 rings (SSSR count). The Morgan fingerprint density at radius 3 is 2.41 bits per heavy atom. The predicted octanol–water partition coefficient (Wildman–Crippen LogP) is 4.82. The van der Waals surface area contributed by atoms with Gasteiger partial charge in [0.1, 0.15) is 0 Å². The van der Waals surface area contributed by atoms with Gasteiger partial charge in [-0.2, -0.15) is 0 Å². The van der Waals surface area contributed by atoms with Crippen molar-refractivity contribution in [3.05, 3.63) is 66.4 Å². The maximum Gasteiger partial charge on any atom is 0.246 e. The molecule has 6 nitrogen and oxygen atoms in total. The number of hydrogen-bond acceptors (Lipinski definition) is 3. The van der Waals surface area contributed by atoms with Crippen LogP contribution in [-0.4, -0.2) is 39.4 Å². The molecule has 0 unspecified atom stereocenters. The molecule has 0 bridgehead atoms. The number of nitrogens with zero attached hydrogens (tertiary/aromatic N) is 3. The van der Waals surface area contributed by atoms with E-state index in [1.54, 1.807) is 4.90 Å². The van der Waals surface area contributed by atoms with Gasteiger partial charge in [-0.05, 0) is 38.8 Å². The van der Waals surface area contributed by atoms with Crippen LogP contribution in [0.15, 0.2) is 60.8 Å². The number of amides is 2. The molecule has 6 heteroatoms. The predicted molar refractivity (Wildman–Crippen MR) is 127 cm³/mol. The Balaban J connectivity index is 1.57. The average Bonchev–Trinajstić information content (AvgIpc) is 3.49. The van der Waals surface area contributed by atoms with Gasteiger partial charge in [-0.3, -0.25) is 19.5 Å². The zero-order chi connectivity index (χ0) is 22.5. The first-order valence-corrected chi connectivity index (χ1v) is 11.4. The number of hydrogen-bond donors (Lipinski definition) is 1. The third-order valence-electron chi connectivity index (χ3n) is 6.07. The zero-order valence-corrected chi connectivity index (χ0v) is 18.8. The minimum absolute atomic E-state index is 0.0350. The molecule has 2 aromatic carbocycles. The molecule has 3 aromatic rings. The lowest BCUT2D eigenvalue weighted by molar-refractivity contribution is -0.138. The minimum atomic E-state index is -0.239. The van der Waals surface area contributed by atoms with Gasteiger partial charge in [-0.25, -0.2) is 4.98 Å². The van der Waals surface area contributed by atoms with Gasteiger partial charge < -0.3 is 4.90 Å². The number of imidazole rings is 1. The van der Waals surface area contributed by atoms with E-state index in [-0.39, 0.29) is 24.3 Å². The average molecular weight is 431 g/mol. The van der Waals surface area contributed by atoms with Crippen LogP contribution in [0.3, 0.4) is 0 Å². The highest BCUT2D eigenvalue weighted by atomic mass is 16.2. The molecule has 32 heavy (non-hydrogen) atoms. The van der Waals surface area contributed by atoms with Crippen molar-refractivity contribution >= 4 is 17.8 Å². The third-order valence-corrected chi connectivity index (χ3v) is 6.07. The van der Waals surface area contributed by atoms with Crippen LogP contribution in [0.5, 0.6) is 0 Å². The molecular weight excluding hydrogens is 400 g/mol. The summed E-state index contributed by atoms with van der Waals surface area (Å²) >= 11 is 0. The van der Waals surface area contributed by atoms with Crippen molar-refractivity contribution in [3.63, 3.8) is 0 Å². The standard InChI is InChI=1S/C26H30N4O2/c1-3-29(25(32)21-11-7-8-12-21)18-24(31)28-26-27-23(20-9-5-4-6-10-20)17-30(26)22-15-13-19(2)14-16-22/h4-6,9-10,13-17,21H,3,7-8,11-12,18H2,1-2H3,(H,27,28,31). The second kappa shape index (κ2) is 9.81. The van der Waals surface area contributed by atoms with Crippen molar-refractivity contribution in [1.29, 1.82) is 0 Å². The number of likely N-dealkylation sites (N-methyl/N-ethyl adjacent to an activating group) is 1. The van der Waals surface area contributed by atoms with Gasteiger partial charge in [-0.15, -0.1) is 0 Å². The van der Waals surface area contributed by atoms with Crippen LogP contribution < -0.4 is 5.32 Å². The first-order chi connectivity index (χ1) is 15.5. The van der Waals surface area contributed by atoms with E-state index < -0.39 is 0 Å². The van der Waals surface area contributed by atoms with E-state index in [0.717, 1.165) is 48.2 Å². The van der Waals surface area contributed by atoms with Crippen molar-refractivity contribution in [2.45, 2.75) is 39.5 Å². The Hall–Kier alpha value is -3.41. The number of benzene rings is 2. The fraction of sp³-hybridized carbons (Fsp3) is 0.346. The molecule has 2 amide bonds. The van der Waals surface area contributed by atoms with E-state index in [2.05, 4.69) is 5.32 Å². The first kappa shape index (κ1) is 21.8. The summed E-state index contributed by atoms with van der Waals surface area (Å²) < 4.78 is 1.88. The van der Waals surface area contributed by atoms with Gasteiger partial charge in [0.15, 0.2) is 0 Å². The van der Waals surface area contributed by atoms with Gasteiger partial charge in [0.05, 0.1) is 12.2 Å². The van der Waals surface area contributed by atoms with Crippen LogP contribution in [0, 0.1) is 12.8 Å². The lowest BCUT2D eigenvalue weighted by Crippen LogP contribution is -2.40. The van der Waals surface area contributed by atoms with Crippen molar-refractivity contribution in [1.82, 2.24) is 14.5 Å². The van der Waals surface area contributed by atoms with E-state index in [1.165, 1.54) is 0 Å². The lowest BCUT2D eigenvalue weighted by Gasteiger charge is -2.23. The van der Waals surface area contributed by atoms with Gasteiger partial charge in [0, 0.05) is 29.9 Å². The Morgan fingerprint density at radius 2 is 1.75 bits per heavy atom. The maximum absolute atomic E-state index is 12.9. The minimum Gasteiger partial charge on any atom is -0.333 e. The number of anilines is 1. The topological polar surface area (TPSA) is 67.2 Å². The number of nitrogens with one attached hydrogen (secondary N) is 1. The maximum atomic E-state index is 12.9. The van der Waals surface area contributed by atoms with Crippen molar-refractivity contribution in [2.75, 3.05) is 18.4 Å². The van der Waals surface area contributed by atoms with E-state index in [0.29, 0.717) is 12.5 Å². The Bertz CT molecular complexity index is 1070. The zero-order valence-electron chi connectivity index (χ0n) is 18.8. The molecule has 0 atom stereocenters. The molecule has 1 aliphatic carbocycles. The monoisotopic (exact) mass is 430 g/mol. The number of carbonyl (C=O) groups is 2. The summed E-state index contributed by atoms with van der Waals surface area (Å²) in [4.78, 5) is 32.1. The first-order valence-electron chi connectivity index (χ1n) is 11.4. The number of carbonyl (C=O) groups excluding carboxylic acids is 2. The lowest BCUT2D eigenvalue weighted by atomic mass is 10.1. The highest BCUT2D eigenvalue weighted by molar-refractivity contribution is 5.94. The summed E-state index contributed by atoms with van der Waals surface area (Å²) in [7, 11) is 0. The molecule has 0 radical (unpaired) electrons. The number of rotatable bonds is 7. The van der Waals surface area contributed by atoms with E-state index >= 15 is 0 Å². The Labute approximate surface area is 189 Å². The molecule has 1 saturated carbocycles. The summed E-state index contributed by atoms with van der Waals surface area (Å²) in [5.41, 5.74) is 3.82.